The third-order valence-corrected chi connectivity index (χ3v) is 9.22. The fourth-order valence-corrected chi connectivity index (χ4v) is 7.58. The van der Waals surface area contributed by atoms with Gasteiger partial charge in [-0.3, -0.25) is 4.79 Å². The second kappa shape index (κ2) is 6.37. The summed E-state index contributed by atoms with van der Waals surface area (Å²) in [4.78, 5) is 12.0. The predicted molar refractivity (Wildman–Crippen MR) is 114 cm³/mol. The van der Waals surface area contributed by atoms with Crippen molar-refractivity contribution in [1.29, 1.82) is 0 Å². The molecule has 4 aliphatic rings. The SMILES string of the molecule is C[C@]12CCC(=O)NC1CC[C@@H]1[C@H]2CC[C@]2(C)C(=Cc3ccc(N)cc3)CC[C@@H]12. The summed E-state index contributed by atoms with van der Waals surface area (Å²) < 4.78 is 0. The fourth-order valence-electron chi connectivity index (χ4n) is 7.58. The summed E-state index contributed by atoms with van der Waals surface area (Å²) in [5.41, 5.74) is 10.3. The van der Waals surface area contributed by atoms with E-state index in [0.29, 0.717) is 16.9 Å². The van der Waals surface area contributed by atoms with Crippen molar-refractivity contribution in [2.45, 2.75) is 71.3 Å². The minimum absolute atomic E-state index is 0.274. The molecule has 0 aromatic heterocycles. The molecule has 0 bridgehead atoms. The van der Waals surface area contributed by atoms with Gasteiger partial charge in [-0.15, -0.1) is 0 Å². The van der Waals surface area contributed by atoms with E-state index in [4.69, 9.17) is 5.73 Å². The van der Waals surface area contributed by atoms with Crippen LogP contribution in [0.5, 0.6) is 0 Å². The zero-order valence-electron chi connectivity index (χ0n) is 17.3. The van der Waals surface area contributed by atoms with Crippen LogP contribution in [0.25, 0.3) is 6.08 Å². The summed E-state index contributed by atoms with van der Waals surface area (Å²) in [5, 5.41) is 3.35. The zero-order valence-corrected chi connectivity index (χ0v) is 17.3. The highest BCUT2D eigenvalue weighted by Gasteiger charge is 2.59. The van der Waals surface area contributed by atoms with E-state index >= 15 is 0 Å². The van der Waals surface area contributed by atoms with Crippen molar-refractivity contribution in [3.05, 3.63) is 35.4 Å². The lowest BCUT2D eigenvalue weighted by atomic mass is 9.47. The van der Waals surface area contributed by atoms with Crippen molar-refractivity contribution in [2.75, 3.05) is 5.73 Å². The molecule has 28 heavy (non-hydrogen) atoms. The van der Waals surface area contributed by atoms with Gasteiger partial charge >= 0.3 is 0 Å². The number of hydrogen-bond donors (Lipinski definition) is 2. The van der Waals surface area contributed by atoms with E-state index in [2.05, 4.69) is 37.4 Å². The number of nitrogen functional groups attached to an aromatic ring is 1. The highest BCUT2D eigenvalue weighted by Crippen LogP contribution is 2.65. The number of rotatable bonds is 1. The van der Waals surface area contributed by atoms with Gasteiger partial charge in [0.05, 0.1) is 0 Å². The van der Waals surface area contributed by atoms with E-state index < -0.39 is 0 Å². The predicted octanol–water partition coefficient (Wildman–Crippen LogP) is 5.17. The van der Waals surface area contributed by atoms with Crippen LogP contribution in [-0.4, -0.2) is 11.9 Å². The largest absolute Gasteiger partial charge is 0.399 e. The van der Waals surface area contributed by atoms with Crippen molar-refractivity contribution in [3.8, 4) is 0 Å². The van der Waals surface area contributed by atoms with Crippen LogP contribution >= 0.6 is 0 Å². The molecule has 1 unspecified atom stereocenters. The molecule has 1 aromatic carbocycles. The van der Waals surface area contributed by atoms with Gasteiger partial charge < -0.3 is 11.1 Å². The van der Waals surface area contributed by atoms with Crippen LogP contribution in [0.4, 0.5) is 5.69 Å². The lowest BCUT2D eigenvalue weighted by Gasteiger charge is -2.59. The summed E-state index contributed by atoms with van der Waals surface area (Å²) >= 11 is 0. The maximum atomic E-state index is 12.0. The summed E-state index contributed by atoms with van der Waals surface area (Å²) in [6, 6.07) is 8.74. The number of carbonyl (C=O) groups is 1. The van der Waals surface area contributed by atoms with Gasteiger partial charge in [0.15, 0.2) is 0 Å². The maximum Gasteiger partial charge on any atom is 0.220 e. The first kappa shape index (κ1) is 18.3. The number of nitrogens with two attached hydrogens (primary N) is 1. The third-order valence-electron chi connectivity index (χ3n) is 9.22. The summed E-state index contributed by atoms with van der Waals surface area (Å²) in [6.45, 7) is 5.03. The Balaban J connectivity index is 1.42. The van der Waals surface area contributed by atoms with Crippen LogP contribution in [0.3, 0.4) is 0 Å². The van der Waals surface area contributed by atoms with Crippen LogP contribution in [0, 0.1) is 28.6 Å². The number of allylic oxidation sites excluding steroid dienone is 1. The topological polar surface area (TPSA) is 55.1 Å². The van der Waals surface area contributed by atoms with Gasteiger partial charge in [0.25, 0.3) is 0 Å². The molecule has 3 aliphatic carbocycles. The van der Waals surface area contributed by atoms with Crippen molar-refractivity contribution < 1.29 is 4.79 Å². The van der Waals surface area contributed by atoms with E-state index in [1.165, 1.54) is 44.1 Å². The van der Waals surface area contributed by atoms with Crippen LogP contribution < -0.4 is 11.1 Å². The Morgan fingerprint density at radius 3 is 2.57 bits per heavy atom. The van der Waals surface area contributed by atoms with E-state index in [1.807, 2.05) is 12.1 Å². The number of carbonyl (C=O) groups excluding carboxylic acids is 1. The number of piperidine rings is 1. The molecule has 0 spiro atoms. The van der Waals surface area contributed by atoms with E-state index in [-0.39, 0.29) is 5.91 Å². The van der Waals surface area contributed by atoms with Crippen LogP contribution in [0.1, 0.15) is 70.8 Å². The molecule has 0 radical (unpaired) electrons. The Morgan fingerprint density at radius 1 is 1.00 bits per heavy atom. The number of benzene rings is 1. The average molecular weight is 379 g/mol. The molecule has 3 nitrogen and oxygen atoms in total. The molecule has 1 saturated heterocycles. The summed E-state index contributed by atoms with van der Waals surface area (Å²) in [5.74, 6) is 2.69. The monoisotopic (exact) mass is 378 g/mol. The third kappa shape index (κ3) is 2.65. The van der Waals surface area contributed by atoms with Gasteiger partial charge in [-0.1, -0.05) is 37.6 Å². The lowest BCUT2D eigenvalue weighted by Crippen LogP contribution is -2.60. The molecule has 1 aromatic rings. The van der Waals surface area contributed by atoms with E-state index in [0.717, 1.165) is 36.3 Å². The van der Waals surface area contributed by atoms with Crippen molar-refractivity contribution in [1.82, 2.24) is 5.32 Å². The van der Waals surface area contributed by atoms with Gasteiger partial charge in [-0.05, 0) is 91.2 Å². The molecule has 4 fully saturated rings. The zero-order chi connectivity index (χ0) is 19.5. The molecule has 1 aliphatic heterocycles. The molecule has 5 rings (SSSR count). The van der Waals surface area contributed by atoms with Crippen LogP contribution in [0.2, 0.25) is 0 Å². The summed E-state index contributed by atoms with van der Waals surface area (Å²) in [6.07, 6.45) is 11.9. The second-order valence-electron chi connectivity index (χ2n) is 10.4. The van der Waals surface area contributed by atoms with Gasteiger partial charge in [0, 0.05) is 18.2 Å². The highest BCUT2D eigenvalue weighted by atomic mass is 16.1. The summed E-state index contributed by atoms with van der Waals surface area (Å²) in [7, 11) is 0. The van der Waals surface area contributed by atoms with Gasteiger partial charge in [-0.25, -0.2) is 0 Å². The normalized spacial score (nSPS) is 43.8. The van der Waals surface area contributed by atoms with Gasteiger partial charge in [0.1, 0.15) is 0 Å². The molecular formula is C25H34N2O. The Kier molecular flexibility index (Phi) is 4.16. The van der Waals surface area contributed by atoms with E-state index in [1.54, 1.807) is 5.57 Å². The number of amides is 1. The Hall–Kier alpha value is -1.77. The molecular weight excluding hydrogens is 344 g/mol. The quantitative estimate of drug-likeness (QED) is 0.662. The van der Waals surface area contributed by atoms with E-state index in [9.17, 15) is 4.79 Å². The first-order valence-electron chi connectivity index (χ1n) is 11.3. The standard InChI is InChI=1S/C25H34N2O/c1-24-13-11-21-19(8-10-22-25(21,2)14-12-23(28)27-22)20(24)9-5-17(24)15-16-3-6-18(26)7-4-16/h3-4,6-7,15,19-22H,5,8-14,26H2,1-2H3,(H,27,28)/t19-,20-,21+,22?,24+,25+/m0/s1. The Morgan fingerprint density at radius 2 is 1.79 bits per heavy atom. The molecule has 3 saturated carbocycles. The molecule has 3 heteroatoms. The Labute approximate surface area is 169 Å². The highest BCUT2D eigenvalue weighted by molar-refractivity contribution is 5.77. The van der Waals surface area contributed by atoms with Crippen molar-refractivity contribution in [2.24, 2.45) is 28.6 Å². The molecule has 1 heterocycles. The van der Waals surface area contributed by atoms with Crippen LogP contribution in [0.15, 0.2) is 29.8 Å². The maximum absolute atomic E-state index is 12.0. The number of nitrogens with one attached hydrogen (secondary N) is 1. The number of hydrogen-bond acceptors (Lipinski definition) is 2. The first-order valence-corrected chi connectivity index (χ1v) is 11.3. The lowest BCUT2D eigenvalue weighted by molar-refractivity contribution is -0.134. The second-order valence-corrected chi connectivity index (χ2v) is 10.4. The van der Waals surface area contributed by atoms with Gasteiger partial charge in [-0.2, -0.15) is 0 Å². The molecule has 1 amide bonds. The molecule has 150 valence electrons. The smallest absolute Gasteiger partial charge is 0.220 e. The average Bonchev–Trinajstić information content (AvgIpc) is 3.00. The number of fused-ring (bicyclic) bond motifs is 5. The minimum Gasteiger partial charge on any atom is -0.399 e. The van der Waals surface area contributed by atoms with Crippen LogP contribution in [-0.2, 0) is 4.79 Å². The minimum atomic E-state index is 0.274. The Bertz CT molecular complexity index is 812. The van der Waals surface area contributed by atoms with Gasteiger partial charge in [0.2, 0.25) is 5.91 Å². The number of anilines is 1. The molecule has 6 atom stereocenters. The first-order chi connectivity index (χ1) is 13.4. The van der Waals surface area contributed by atoms with Crippen molar-refractivity contribution in [3.63, 3.8) is 0 Å². The van der Waals surface area contributed by atoms with Crippen molar-refractivity contribution >= 4 is 17.7 Å². The fraction of sp³-hybridized carbons (Fsp3) is 0.640. The molecule has 3 N–H and O–H groups in total.